The Bertz CT molecular complexity index is 699. The molecule has 1 N–H and O–H groups in total. The lowest BCUT2D eigenvalue weighted by Crippen LogP contribution is -2.17. The van der Waals surface area contributed by atoms with Gasteiger partial charge in [0.05, 0.1) is 6.21 Å². The van der Waals surface area contributed by atoms with Gasteiger partial charge in [0.25, 0.3) is 5.91 Å². The second kappa shape index (κ2) is 7.61. The maximum Gasteiger partial charge on any atom is 0.265 e. The number of oxime groups is 1. The first-order valence-corrected chi connectivity index (χ1v) is 7.21. The van der Waals surface area contributed by atoms with Crippen LogP contribution in [0.4, 0.5) is 5.69 Å². The summed E-state index contributed by atoms with van der Waals surface area (Å²) in [5.74, 6) is -0.271. The van der Waals surface area contributed by atoms with E-state index in [0.717, 1.165) is 16.7 Å². The normalized spacial score (nSPS) is 10.7. The Kier molecular flexibility index (Phi) is 5.55. The van der Waals surface area contributed by atoms with E-state index in [-0.39, 0.29) is 12.5 Å². The third-order valence-electron chi connectivity index (χ3n) is 3.11. The summed E-state index contributed by atoms with van der Waals surface area (Å²) in [6.07, 6.45) is 1.59. The number of nitrogens with one attached hydrogen (secondary N) is 1. The van der Waals surface area contributed by atoms with E-state index in [1.54, 1.807) is 24.4 Å². The number of halogens is 1. The van der Waals surface area contributed by atoms with Gasteiger partial charge in [-0.3, -0.25) is 4.79 Å². The predicted molar refractivity (Wildman–Crippen MR) is 89.5 cm³/mol. The second-order valence-electron chi connectivity index (χ2n) is 4.87. The van der Waals surface area contributed by atoms with E-state index in [0.29, 0.717) is 10.7 Å². The molecule has 2 aromatic carbocycles. The number of carbonyl (C=O) groups excluding carboxylic acids is 1. The van der Waals surface area contributed by atoms with E-state index >= 15 is 0 Å². The van der Waals surface area contributed by atoms with Gasteiger partial charge in [-0.15, -0.1) is 0 Å². The smallest absolute Gasteiger partial charge is 0.265 e. The quantitative estimate of drug-likeness (QED) is 0.671. The molecule has 0 aliphatic rings. The summed E-state index contributed by atoms with van der Waals surface area (Å²) in [4.78, 5) is 16.8. The molecule has 1 amide bonds. The fraction of sp³-hybridized carbons (Fsp3) is 0.176. The molecular formula is C17H17ClN2O2. The van der Waals surface area contributed by atoms with Gasteiger partial charge < -0.3 is 10.2 Å². The Morgan fingerprint density at radius 3 is 2.73 bits per heavy atom. The van der Waals surface area contributed by atoms with Crippen LogP contribution < -0.4 is 5.32 Å². The van der Waals surface area contributed by atoms with E-state index in [1.165, 1.54) is 0 Å². The van der Waals surface area contributed by atoms with E-state index in [1.807, 2.05) is 38.1 Å². The standard InChI is InChI=1S/C17H17ClN2O2/c1-12-5-3-4-6-14(12)10-19-22-11-17(21)20-16-8-7-15(18)9-13(16)2/h3-10H,11H2,1-2H3,(H,20,21)/b19-10+. The van der Waals surface area contributed by atoms with Crippen LogP contribution >= 0.6 is 11.6 Å². The molecule has 2 aromatic rings. The molecule has 0 radical (unpaired) electrons. The van der Waals surface area contributed by atoms with E-state index in [9.17, 15) is 4.79 Å². The SMILES string of the molecule is Cc1ccccc1/C=N/OCC(=O)Nc1ccc(Cl)cc1C. The summed E-state index contributed by atoms with van der Waals surface area (Å²) in [6, 6.07) is 13.1. The minimum atomic E-state index is -0.271. The molecule has 5 heteroatoms. The van der Waals surface area contributed by atoms with Crippen molar-refractivity contribution in [2.45, 2.75) is 13.8 Å². The van der Waals surface area contributed by atoms with E-state index in [4.69, 9.17) is 16.4 Å². The fourth-order valence-corrected chi connectivity index (χ4v) is 2.10. The van der Waals surface area contributed by atoms with Gasteiger partial charge in [0.2, 0.25) is 0 Å². The molecule has 0 aromatic heterocycles. The van der Waals surface area contributed by atoms with Crippen molar-refractivity contribution >= 4 is 29.4 Å². The number of aryl methyl sites for hydroxylation is 2. The number of anilines is 1. The lowest BCUT2D eigenvalue weighted by atomic mass is 10.1. The van der Waals surface area contributed by atoms with E-state index in [2.05, 4.69) is 10.5 Å². The van der Waals surface area contributed by atoms with Gasteiger partial charge in [-0.2, -0.15) is 0 Å². The summed E-state index contributed by atoms with van der Waals surface area (Å²) in [6.45, 7) is 3.71. The Hall–Kier alpha value is -2.33. The van der Waals surface area contributed by atoms with Crippen molar-refractivity contribution in [3.63, 3.8) is 0 Å². The molecule has 4 nitrogen and oxygen atoms in total. The largest absolute Gasteiger partial charge is 0.386 e. The Labute approximate surface area is 134 Å². The Morgan fingerprint density at radius 2 is 2.00 bits per heavy atom. The molecule has 22 heavy (non-hydrogen) atoms. The summed E-state index contributed by atoms with van der Waals surface area (Å²) < 4.78 is 0. The summed E-state index contributed by atoms with van der Waals surface area (Å²) in [5, 5.41) is 7.20. The number of rotatable bonds is 5. The first kappa shape index (κ1) is 16.0. The highest BCUT2D eigenvalue weighted by Gasteiger charge is 2.05. The van der Waals surface area contributed by atoms with Gasteiger partial charge in [0, 0.05) is 10.7 Å². The molecule has 0 fully saturated rings. The van der Waals surface area contributed by atoms with Crippen molar-refractivity contribution in [1.82, 2.24) is 0 Å². The fourth-order valence-electron chi connectivity index (χ4n) is 1.88. The number of hydrogen-bond acceptors (Lipinski definition) is 3. The molecule has 0 spiro atoms. The zero-order chi connectivity index (χ0) is 15.9. The van der Waals surface area contributed by atoms with Crippen LogP contribution in [0.15, 0.2) is 47.6 Å². The minimum Gasteiger partial charge on any atom is -0.386 e. The van der Waals surface area contributed by atoms with Gasteiger partial charge >= 0.3 is 0 Å². The van der Waals surface area contributed by atoms with Crippen molar-refractivity contribution in [3.05, 3.63) is 64.2 Å². The highest BCUT2D eigenvalue weighted by atomic mass is 35.5. The highest BCUT2D eigenvalue weighted by molar-refractivity contribution is 6.30. The van der Waals surface area contributed by atoms with Crippen LogP contribution in [0.2, 0.25) is 5.02 Å². The van der Waals surface area contributed by atoms with Crippen LogP contribution in [-0.4, -0.2) is 18.7 Å². The third kappa shape index (κ3) is 4.60. The Morgan fingerprint density at radius 1 is 1.23 bits per heavy atom. The van der Waals surface area contributed by atoms with Crippen molar-refractivity contribution in [1.29, 1.82) is 0 Å². The third-order valence-corrected chi connectivity index (χ3v) is 3.35. The van der Waals surface area contributed by atoms with Crippen LogP contribution in [0, 0.1) is 13.8 Å². The number of benzene rings is 2. The molecule has 0 aliphatic heterocycles. The van der Waals surface area contributed by atoms with Crippen LogP contribution in [-0.2, 0) is 9.63 Å². The predicted octanol–water partition coefficient (Wildman–Crippen LogP) is 3.95. The first-order chi connectivity index (χ1) is 10.6. The lowest BCUT2D eigenvalue weighted by Gasteiger charge is -2.07. The van der Waals surface area contributed by atoms with Gasteiger partial charge in [-0.05, 0) is 48.7 Å². The van der Waals surface area contributed by atoms with E-state index < -0.39 is 0 Å². The summed E-state index contributed by atoms with van der Waals surface area (Å²) in [7, 11) is 0. The molecule has 0 heterocycles. The number of nitrogens with zero attached hydrogens (tertiary/aromatic N) is 1. The molecule has 0 aliphatic carbocycles. The molecule has 0 saturated heterocycles. The van der Waals surface area contributed by atoms with Gasteiger partial charge in [-0.1, -0.05) is 41.0 Å². The van der Waals surface area contributed by atoms with Crippen LogP contribution in [0.3, 0.4) is 0 Å². The summed E-state index contributed by atoms with van der Waals surface area (Å²) >= 11 is 5.87. The molecule has 0 saturated carbocycles. The molecular weight excluding hydrogens is 300 g/mol. The molecule has 0 bridgehead atoms. The van der Waals surface area contributed by atoms with Gasteiger partial charge in [0.15, 0.2) is 6.61 Å². The van der Waals surface area contributed by atoms with Gasteiger partial charge in [-0.25, -0.2) is 0 Å². The van der Waals surface area contributed by atoms with Crippen molar-refractivity contribution < 1.29 is 9.63 Å². The molecule has 0 unspecified atom stereocenters. The van der Waals surface area contributed by atoms with Crippen LogP contribution in [0.1, 0.15) is 16.7 Å². The monoisotopic (exact) mass is 316 g/mol. The molecule has 114 valence electrons. The highest BCUT2D eigenvalue weighted by Crippen LogP contribution is 2.19. The average Bonchev–Trinajstić information content (AvgIpc) is 2.48. The Balaban J connectivity index is 1.84. The molecule has 2 rings (SSSR count). The van der Waals surface area contributed by atoms with Crippen molar-refractivity contribution in [2.24, 2.45) is 5.16 Å². The number of carbonyl (C=O) groups is 1. The topological polar surface area (TPSA) is 50.7 Å². The average molecular weight is 317 g/mol. The maximum atomic E-state index is 11.8. The number of amides is 1. The zero-order valence-corrected chi connectivity index (χ0v) is 13.2. The second-order valence-corrected chi connectivity index (χ2v) is 5.31. The van der Waals surface area contributed by atoms with Crippen LogP contribution in [0.5, 0.6) is 0 Å². The maximum absolute atomic E-state index is 11.8. The van der Waals surface area contributed by atoms with Crippen molar-refractivity contribution in [3.8, 4) is 0 Å². The summed E-state index contributed by atoms with van der Waals surface area (Å²) in [5.41, 5.74) is 3.65. The first-order valence-electron chi connectivity index (χ1n) is 6.83. The lowest BCUT2D eigenvalue weighted by molar-refractivity contribution is -0.120. The minimum absolute atomic E-state index is 0.148. The van der Waals surface area contributed by atoms with Gasteiger partial charge in [0.1, 0.15) is 0 Å². The number of hydrogen-bond donors (Lipinski definition) is 1. The van der Waals surface area contributed by atoms with Crippen LogP contribution in [0.25, 0.3) is 0 Å². The molecule has 0 atom stereocenters. The van der Waals surface area contributed by atoms with Crippen molar-refractivity contribution in [2.75, 3.05) is 11.9 Å². The zero-order valence-electron chi connectivity index (χ0n) is 12.5.